The topological polar surface area (TPSA) is 0 Å². The molecule has 0 saturated heterocycles. The van der Waals surface area contributed by atoms with Gasteiger partial charge in [-0.25, -0.2) is 0 Å². The van der Waals surface area contributed by atoms with Crippen LogP contribution in [0.15, 0.2) is 42.5 Å². The Hall–Kier alpha value is -1.60. The van der Waals surface area contributed by atoms with Crippen LogP contribution >= 0.6 is 11.3 Å². The molecule has 0 bridgehead atoms. The minimum absolute atomic E-state index is 0.843. The zero-order chi connectivity index (χ0) is 16.5. The molecule has 1 heteroatoms. The first kappa shape index (κ1) is 15.9. The van der Waals surface area contributed by atoms with Gasteiger partial charge in [-0.15, -0.1) is 11.3 Å². The van der Waals surface area contributed by atoms with Crippen molar-refractivity contribution in [2.24, 2.45) is 5.92 Å². The number of benzene rings is 2. The molecular weight excluding hydrogens is 308 g/mol. The Labute approximate surface area is 149 Å². The zero-order valence-electron chi connectivity index (χ0n) is 14.8. The van der Waals surface area contributed by atoms with E-state index in [1.807, 2.05) is 11.3 Å². The van der Waals surface area contributed by atoms with E-state index in [4.69, 9.17) is 0 Å². The van der Waals surface area contributed by atoms with Gasteiger partial charge in [0.15, 0.2) is 0 Å². The van der Waals surface area contributed by atoms with Gasteiger partial charge < -0.3 is 0 Å². The molecule has 0 spiro atoms. The average molecular weight is 335 g/mol. The summed E-state index contributed by atoms with van der Waals surface area (Å²) in [6.07, 6.45) is 7.70. The highest BCUT2D eigenvalue weighted by Gasteiger charge is 2.23. The predicted octanol–water partition coefficient (Wildman–Crippen LogP) is 7.23. The Morgan fingerprint density at radius 3 is 2.79 bits per heavy atom. The molecule has 2 aromatic carbocycles. The fourth-order valence-corrected chi connectivity index (χ4v) is 5.42. The minimum atomic E-state index is 0.843. The molecule has 24 heavy (non-hydrogen) atoms. The molecular formula is C23H26S. The second-order valence-electron chi connectivity index (χ2n) is 7.19. The van der Waals surface area contributed by atoms with Gasteiger partial charge in [0.05, 0.1) is 0 Å². The molecule has 1 unspecified atom stereocenters. The fraction of sp³-hybridized carbons (Fsp3) is 0.391. The molecule has 0 nitrogen and oxygen atoms in total. The van der Waals surface area contributed by atoms with E-state index in [0.717, 1.165) is 12.3 Å². The molecule has 0 amide bonds. The van der Waals surface area contributed by atoms with Gasteiger partial charge in [0.1, 0.15) is 0 Å². The van der Waals surface area contributed by atoms with Gasteiger partial charge in [0, 0.05) is 16.0 Å². The van der Waals surface area contributed by atoms with Crippen molar-refractivity contribution in [1.82, 2.24) is 0 Å². The van der Waals surface area contributed by atoms with E-state index in [2.05, 4.69) is 56.3 Å². The van der Waals surface area contributed by atoms with Gasteiger partial charge in [-0.2, -0.15) is 0 Å². The Bertz CT molecular complexity index is 856. The summed E-state index contributed by atoms with van der Waals surface area (Å²) in [4.78, 5) is 1.51. The molecule has 0 N–H and O–H groups in total. The summed E-state index contributed by atoms with van der Waals surface area (Å²) in [6, 6.07) is 16.1. The van der Waals surface area contributed by atoms with Gasteiger partial charge >= 0.3 is 0 Å². The number of hydrogen-bond donors (Lipinski definition) is 0. The maximum absolute atomic E-state index is 2.47. The normalized spacial score (nSPS) is 13.9. The third-order valence-electron chi connectivity index (χ3n) is 5.55. The Kier molecular flexibility index (Phi) is 4.45. The zero-order valence-corrected chi connectivity index (χ0v) is 15.6. The predicted molar refractivity (Wildman–Crippen MR) is 107 cm³/mol. The van der Waals surface area contributed by atoms with Crippen molar-refractivity contribution in [2.45, 2.75) is 52.4 Å². The summed E-state index contributed by atoms with van der Waals surface area (Å²) in [7, 11) is 0. The van der Waals surface area contributed by atoms with Crippen LogP contribution < -0.4 is 0 Å². The van der Waals surface area contributed by atoms with Gasteiger partial charge in [0.2, 0.25) is 0 Å². The molecule has 1 aliphatic carbocycles. The van der Waals surface area contributed by atoms with E-state index < -0.39 is 0 Å². The summed E-state index contributed by atoms with van der Waals surface area (Å²) in [5, 5.41) is 1.48. The maximum Gasteiger partial charge on any atom is 0.0393 e. The first-order valence-corrected chi connectivity index (χ1v) is 10.2. The second-order valence-corrected chi connectivity index (χ2v) is 8.25. The highest BCUT2D eigenvalue weighted by molar-refractivity contribution is 7.22. The Morgan fingerprint density at radius 2 is 1.96 bits per heavy atom. The first-order chi connectivity index (χ1) is 11.8. The van der Waals surface area contributed by atoms with Crippen molar-refractivity contribution < 1.29 is 0 Å². The lowest BCUT2D eigenvalue weighted by molar-refractivity contribution is 0.449. The molecule has 1 heterocycles. The number of thiophene rings is 1. The van der Waals surface area contributed by atoms with Crippen molar-refractivity contribution >= 4 is 21.4 Å². The van der Waals surface area contributed by atoms with E-state index in [1.165, 1.54) is 63.8 Å². The summed E-state index contributed by atoms with van der Waals surface area (Å²) >= 11 is 2.00. The summed E-state index contributed by atoms with van der Waals surface area (Å²) in [5.41, 5.74) is 6.04. The van der Waals surface area contributed by atoms with E-state index in [0.29, 0.717) is 0 Å². The van der Waals surface area contributed by atoms with Gasteiger partial charge in [-0.1, -0.05) is 75.9 Å². The molecule has 1 atom stereocenters. The third kappa shape index (κ3) is 2.80. The highest BCUT2D eigenvalue weighted by Crippen LogP contribution is 2.46. The largest absolute Gasteiger partial charge is 0.135 e. The van der Waals surface area contributed by atoms with Crippen LogP contribution in [0.5, 0.6) is 0 Å². The average Bonchev–Trinajstić information content (AvgIpc) is 3.14. The fourth-order valence-electron chi connectivity index (χ4n) is 4.08. The van der Waals surface area contributed by atoms with Crippen LogP contribution in [0.2, 0.25) is 0 Å². The molecule has 0 saturated carbocycles. The molecule has 3 aromatic rings. The maximum atomic E-state index is 2.47. The number of unbranched alkanes of at least 4 members (excludes halogenated alkanes) is 1. The quantitative estimate of drug-likeness (QED) is 0.349. The molecule has 4 rings (SSSR count). The molecule has 0 fully saturated rings. The van der Waals surface area contributed by atoms with Crippen LogP contribution in [-0.4, -0.2) is 0 Å². The van der Waals surface area contributed by atoms with E-state index in [9.17, 15) is 0 Å². The molecule has 0 radical (unpaired) electrons. The van der Waals surface area contributed by atoms with Crippen molar-refractivity contribution in [2.75, 3.05) is 0 Å². The molecule has 124 valence electrons. The number of hydrogen-bond acceptors (Lipinski definition) is 1. The number of fused-ring (bicyclic) bond motifs is 5. The highest BCUT2D eigenvalue weighted by atomic mass is 32.1. The van der Waals surface area contributed by atoms with Crippen molar-refractivity contribution in [3.8, 4) is 10.4 Å². The van der Waals surface area contributed by atoms with Crippen molar-refractivity contribution in [3.05, 3.63) is 59.2 Å². The molecule has 0 aliphatic heterocycles. The van der Waals surface area contributed by atoms with Crippen LogP contribution in [0.1, 0.15) is 56.2 Å². The van der Waals surface area contributed by atoms with Crippen LogP contribution in [0.3, 0.4) is 0 Å². The van der Waals surface area contributed by atoms with Gasteiger partial charge in [0.25, 0.3) is 0 Å². The van der Waals surface area contributed by atoms with Crippen LogP contribution in [0.4, 0.5) is 0 Å². The van der Waals surface area contributed by atoms with Crippen LogP contribution in [0.25, 0.3) is 20.5 Å². The Morgan fingerprint density at radius 1 is 1.08 bits per heavy atom. The molecule has 1 aliphatic rings. The lowest BCUT2D eigenvalue weighted by atomic mass is 9.91. The van der Waals surface area contributed by atoms with E-state index in [1.54, 1.807) is 5.56 Å². The number of rotatable bonds is 6. The van der Waals surface area contributed by atoms with Gasteiger partial charge in [-0.05, 0) is 46.0 Å². The lowest BCUT2D eigenvalue weighted by Gasteiger charge is -2.14. The lowest BCUT2D eigenvalue weighted by Crippen LogP contribution is -2.03. The van der Waals surface area contributed by atoms with Crippen LogP contribution in [0, 0.1) is 5.92 Å². The summed E-state index contributed by atoms with van der Waals surface area (Å²) in [6.45, 7) is 4.64. The minimum Gasteiger partial charge on any atom is -0.135 e. The standard InChI is InChI=1S/C23H26S/c1-3-5-8-16(4-2)13-17-11-12-20-21-15-18-9-6-7-10-19(18)23(21)24-22(20)14-17/h6-7,9-12,14,16H,3-5,8,13,15H2,1-2H3. The van der Waals surface area contributed by atoms with E-state index in [-0.39, 0.29) is 0 Å². The first-order valence-electron chi connectivity index (χ1n) is 9.42. The van der Waals surface area contributed by atoms with Crippen molar-refractivity contribution in [3.63, 3.8) is 0 Å². The summed E-state index contributed by atoms with van der Waals surface area (Å²) < 4.78 is 1.48. The van der Waals surface area contributed by atoms with Crippen molar-refractivity contribution in [1.29, 1.82) is 0 Å². The Balaban J connectivity index is 1.64. The van der Waals surface area contributed by atoms with E-state index >= 15 is 0 Å². The van der Waals surface area contributed by atoms with Crippen LogP contribution in [-0.2, 0) is 12.8 Å². The monoisotopic (exact) mass is 334 g/mol. The third-order valence-corrected chi connectivity index (χ3v) is 6.78. The summed E-state index contributed by atoms with van der Waals surface area (Å²) in [5.74, 6) is 0.843. The smallest absolute Gasteiger partial charge is 0.0393 e. The SMILES string of the molecule is CCCCC(CC)Cc1ccc2c3c(sc2c1)-c1ccccc1C3. The second kappa shape index (κ2) is 6.72. The molecule has 1 aromatic heterocycles. The van der Waals surface area contributed by atoms with Gasteiger partial charge in [-0.3, -0.25) is 0 Å².